The van der Waals surface area contributed by atoms with E-state index in [4.69, 9.17) is 17.3 Å². The van der Waals surface area contributed by atoms with Crippen molar-refractivity contribution in [2.45, 2.75) is 6.92 Å². The van der Waals surface area contributed by atoms with Crippen LogP contribution in [0, 0.1) is 0 Å². The third kappa shape index (κ3) is 4.29. The SMILES string of the molecule is C/C(CN)=N\NC(=O)Nc1ccc(Cl)cc1. The molecule has 1 rings (SSSR count). The minimum atomic E-state index is -0.421. The second-order valence-electron chi connectivity index (χ2n) is 3.12. The van der Waals surface area contributed by atoms with Gasteiger partial charge in [-0.25, -0.2) is 10.2 Å². The van der Waals surface area contributed by atoms with E-state index in [1.165, 1.54) is 0 Å². The fourth-order valence-corrected chi connectivity index (χ4v) is 1.01. The predicted octanol–water partition coefficient (Wildman–Crippen LogP) is 1.80. The molecule has 4 N–H and O–H groups in total. The number of hydrogen-bond donors (Lipinski definition) is 3. The van der Waals surface area contributed by atoms with Crippen LogP contribution in [0.15, 0.2) is 29.4 Å². The number of rotatable bonds is 3. The standard InChI is InChI=1S/C10H13ClN4O/c1-7(6-12)14-15-10(16)13-9-4-2-8(11)3-5-9/h2-5H,6,12H2,1H3,(H2,13,15,16)/b14-7+. The molecule has 0 aliphatic rings. The zero-order valence-electron chi connectivity index (χ0n) is 8.83. The number of nitrogens with two attached hydrogens (primary N) is 1. The highest BCUT2D eigenvalue weighted by Gasteiger charge is 1.99. The number of carbonyl (C=O) groups excluding carboxylic acids is 1. The highest BCUT2D eigenvalue weighted by molar-refractivity contribution is 6.30. The lowest BCUT2D eigenvalue weighted by molar-refractivity contribution is 0.252. The van der Waals surface area contributed by atoms with Crippen molar-refractivity contribution in [1.82, 2.24) is 5.43 Å². The van der Waals surface area contributed by atoms with Crippen LogP contribution in [0.5, 0.6) is 0 Å². The number of hydrogen-bond acceptors (Lipinski definition) is 3. The average Bonchev–Trinajstić information content (AvgIpc) is 2.29. The Balaban J connectivity index is 2.49. The zero-order chi connectivity index (χ0) is 12.0. The average molecular weight is 241 g/mol. The molecule has 0 unspecified atom stereocenters. The smallest absolute Gasteiger partial charge is 0.325 e. The van der Waals surface area contributed by atoms with Gasteiger partial charge in [-0.15, -0.1) is 0 Å². The van der Waals surface area contributed by atoms with Crippen molar-refractivity contribution in [1.29, 1.82) is 0 Å². The molecule has 0 radical (unpaired) electrons. The topological polar surface area (TPSA) is 79.5 Å². The molecule has 0 spiro atoms. The number of anilines is 1. The number of nitrogens with zero attached hydrogens (tertiary/aromatic N) is 1. The number of halogens is 1. The van der Waals surface area contributed by atoms with Gasteiger partial charge in [0.25, 0.3) is 0 Å². The van der Waals surface area contributed by atoms with E-state index in [9.17, 15) is 4.79 Å². The first-order chi connectivity index (χ1) is 7.61. The number of nitrogens with one attached hydrogen (secondary N) is 2. The van der Waals surface area contributed by atoms with Gasteiger partial charge in [0, 0.05) is 23.0 Å². The molecule has 0 aliphatic carbocycles. The van der Waals surface area contributed by atoms with E-state index in [0.29, 0.717) is 23.0 Å². The second kappa shape index (κ2) is 6.09. The molecule has 0 bridgehead atoms. The van der Waals surface area contributed by atoms with E-state index in [1.807, 2.05) is 0 Å². The third-order valence-corrected chi connectivity index (χ3v) is 2.00. The molecule has 0 atom stereocenters. The summed E-state index contributed by atoms with van der Waals surface area (Å²) in [6, 6.07) is 6.34. The molecule has 5 nitrogen and oxygen atoms in total. The summed E-state index contributed by atoms with van der Waals surface area (Å²) in [6.07, 6.45) is 0. The third-order valence-electron chi connectivity index (χ3n) is 1.75. The van der Waals surface area contributed by atoms with Crippen molar-refractivity contribution < 1.29 is 4.79 Å². The van der Waals surface area contributed by atoms with Crippen LogP contribution in [0.4, 0.5) is 10.5 Å². The first kappa shape index (κ1) is 12.5. The summed E-state index contributed by atoms with van der Waals surface area (Å²) in [5, 5.41) is 6.97. The van der Waals surface area contributed by atoms with E-state index in [0.717, 1.165) is 0 Å². The molecule has 0 aromatic heterocycles. The molecular weight excluding hydrogens is 228 g/mol. The minimum Gasteiger partial charge on any atom is -0.325 e. The zero-order valence-corrected chi connectivity index (χ0v) is 9.58. The van der Waals surface area contributed by atoms with Gasteiger partial charge in [0.15, 0.2) is 0 Å². The number of hydrazone groups is 1. The van der Waals surface area contributed by atoms with Crippen LogP contribution in [0.1, 0.15) is 6.92 Å². The molecule has 0 saturated carbocycles. The number of urea groups is 1. The van der Waals surface area contributed by atoms with E-state index in [1.54, 1.807) is 31.2 Å². The highest BCUT2D eigenvalue weighted by Crippen LogP contribution is 2.12. The lowest BCUT2D eigenvalue weighted by atomic mass is 10.3. The maximum Gasteiger partial charge on any atom is 0.339 e. The van der Waals surface area contributed by atoms with Crippen LogP contribution in [0.3, 0.4) is 0 Å². The Bertz CT molecular complexity index is 388. The van der Waals surface area contributed by atoms with Gasteiger partial charge in [-0.1, -0.05) is 11.6 Å². The van der Waals surface area contributed by atoms with Crippen LogP contribution < -0.4 is 16.5 Å². The van der Waals surface area contributed by atoms with Crippen molar-refractivity contribution in [3.05, 3.63) is 29.3 Å². The molecule has 0 fully saturated rings. The largest absolute Gasteiger partial charge is 0.339 e. The normalized spacial score (nSPS) is 11.1. The van der Waals surface area contributed by atoms with Crippen molar-refractivity contribution >= 4 is 29.0 Å². The van der Waals surface area contributed by atoms with Crippen LogP contribution in [-0.2, 0) is 0 Å². The van der Waals surface area contributed by atoms with Gasteiger partial charge >= 0.3 is 6.03 Å². The van der Waals surface area contributed by atoms with Gasteiger partial charge < -0.3 is 11.1 Å². The molecule has 1 aromatic rings. The quantitative estimate of drug-likeness (QED) is 0.556. The van der Waals surface area contributed by atoms with E-state index in [2.05, 4.69) is 15.8 Å². The summed E-state index contributed by atoms with van der Waals surface area (Å²) < 4.78 is 0. The molecular formula is C10H13ClN4O. The number of carbonyl (C=O) groups is 1. The van der Waals surface area contributed by atoms with Gasteiger partial charge in [0.05, 0.1) is 0 Å². The molecule has 86 valence electrons. The second-order valence-corrected chi connectivity index (χ2v) is 3.56. The summed E-state index contributed by atoms with van der Waals surface area (Å²) in [7, 11) is 0. The summed E-state index contributed by atoms with van der Waals surface area (Å²) in [6.45, 7) is 2.03. The Labute approximate surface area is 98.7 Å². The predicted molar refractivity (Wildman–Crippen MR) is 65.8 cm³/mol. The Morgan fingerprint density at radius 1 is 1.44 bits per heavy atom. The summed E-state index contributed by atoms with van der Waals surface area (Å²) in [4.78, 5) is 11.3. The Morgan fingerprint density at radius 3 is 2.62 bits per heavy atom. The lowest BCUT2D eigenvalue weighted by Gasteiger charge is -2.04. The van der Waals surface area contributed by atoms with Gasteiger partial charge in [0.2, 0.25) is 0 Å². The molecule has 0 heterocycles. The van der Waals surface area contributed by atoms with Gasteiger partial charge in [-0.2, -0.15) is 5.10 Å². The van der Waals surface area contributed by atoms with E-state index in [-0.39, 0.29) is 0 Å². The molecule has 6 heteroatoms. The van der Waals surface area contributed by atoms with E-state index < -0.39 is 6.03 Å². The lowest BCUT2D eigenvalue weighted by Crippen LogP contribution is -2.26. The van der Waals surface area contributed by atoms with Gasteiger partial charge in [-0.3, -0.25) is 0 Å². The fourth-order valence-electron chi connectivity index (χ4n) is 0.884. The van der Waals surface area contributed by atoms with Crippen LogP contribution in [0.25, 0.3) is 0 Å². The van der Waals surface area contributed by atoms with Gasteiger partial charge in [-0.05, 0) is 31.2 Å². The molecule has 1 aromatic carbocycles. The van der Waals surface area contributed by atoms with Crippen LogP contribution in [0.2, 0.25) is 5.02 Å². The molecule has 0 saturated heterocycles. The molecule has 2 amide bonds. The summed E-state index contributed by atoms with van der Waals surface area (Å²) in [5.41, 5.74) is 8.92. The van der Waals surface area contributed by atoms with E-state index >= 15 is 0 Å². The maximum absolute atomic E-state index is 11.3. The summed E-state index contributed by atoms with van der Waals surface area (Å²) >= 11 is 5.71. The van der Waals surface area contributed by atoms with Gasteiger partial charge in [0.1, 0.15) is 0 Å². The number of amides is 2. The Kier molecular flexibility index (Phi) is 4.75. The maximum atomic E-state index is 11.3. The van der Waals surface area contributed by atoms with Crippen LogP contribution in [-0.4, -0.2) is 18.3 Å². The van der Waals surface area contributed by atoms with Crippen molar-refractivity contribution in [2.24, 2.45) is 10.8 Å². The molecule has 0 aliphatic heterocycles. The Morgan fingerprint density at radius 2 is 2.06 bits per heavy atom. The van der Waals surface area contributed by atoms with Crippen molar-refractivity contribution in [2.75, 3.05) is 11.9 Å². The minimum absolute atomic E-state index is 0.307. The first-order valence-corrected chi connectivity index (χ1v) is 5.05. The monoisotopic (exact) mass is 240 g/mol. The fraction of sp³-hybridized carbons (Fsp3) is 0.200. The highest BCUT2D eigenvalue weighted by atomic mass is 35.5. The summed E-state index contributed by atoms with van der Waals surface area (Å²) in [5.74, 6) is 0. The van der Waals surface area contributed by atoms with Crippen LogP contribution >= 0.6 is 11.6 Å². The Hall–Kier alpha value is -1.59. The van der Waals surface area contributed by atoms with Crippen molar-refractivity contribution in [3.63, 3.8) is 0 Å². The molecule has 16 heavy (non-hydrogen) atoms. The van der Waals surface area contributed by atoms with Crippen molar-refractivity contribution in [3.8, 4) is 0 Å². The number of benzene rings is 1. The first-order valence-electron chi connectivity index (χ1n) is 4.67.